The smallest absolute Gasteiger partial charge is 0.337 e. The molecule has 192 valence electrons. The van der Waals surface area contributed by atoms with Gasteiger partial charge < -0.3 is 18.9 Å². The molecule has 10 nitrogen and oxygen atoms in total. The Hall–Kier alpha value is -2.57. The molecule has 2 amide bonds. The van der Waals surface area contributed by atoms with Gasteiger partial charge in [-0.05, 0) is 43.9 Å². The van der Waals surface area contributed by atoms with E-state index < -0.39 is 39.1 Å². The molecular weight excluding hydrogens is 494 g/mol. The van der Waals surface area contributed by atoms with Gasteiger partial charge in [0.2, 0.25) is 5.91 Å². The average molecular weight is 526 g/mol. The summed E-state index contributed by atoms with van der Waals surface area (Å²) in [6.45, 7) is 6.22. The zero-order chi connectivity index (χ0) is 25.6. The van der Waals surface area contributed by atoms with Crippen molar-refractivity contribution in [1.82, 2.24) is 9.47 Å². The number of carbonyl (C=O) groups is 3. The van der Waals surface area contributed by atoms with Crippen molar-refractivity contribution in [3.8, 4) is 0 Å². The van der Waals surface area contributed by atoms with Crippen molar-refractivity contribution < 1.29 is 32.3 Å². The number of thiazole rings is 1. The van der Waals surface area contributed by atoms with Crippen molar-refractivity contribution in [2.75, 3.05) is 44.9 Å². The molecule has 35 heavy (non-hydrogen) atoms. The Balaban J connectivity index is 1.83. The molecule has 0 saturated carbocycles. The van der Waals surface area contributed by atoms with Crippen LogP contribution in [0.25, 0.3) is 10.2 Å². The summed E-state index contributed by atoms with van der Waals surface area (Å²) in [7, 11) is -2.69. The summed E-state index contributed by atoms with van der Waals surface area (Å²) in [5, 5.41) is 0. The zero-order valence-electron chi connectivity index (χ0n) is 20.2. The lowest BCUT2D eigenvalue weighted by molar-refractivity contribution is -0.130. The number of methoxy groups -OCH3 is 1. The summed E-state index contributed by atoms with van der Waals surface area (Å²) >= 11 is 1.16. The third kappa shape index (κ3) is 7.21. The maximum atomic E-state index is 12.6. The molecule has 0 bridgehead atoms. The number of likely N-dealkylation sites (tertiary alicyclic amines) is 1. The maximum Gasteiger partial charge on any atom is 0.337 e. The predicted octanol–water partition coefficient (Wildman–Crippen LogP) is 1.63. The van der Waals surface area contributed by atoms with Gasteiger partial charge in [0.05, 0.1) is 29.5 Å². The third-order valence-corrected chi connectivity index (χ3v) is 8.10. The zero-order valence-corrected chi connectivity index (χ0v) is 21.8. The highest BCUT2D eigenvalue weighted by molar-refractivity contribution is 7.92. The molecule has 1 fully saturated rings. The van der Waals surface area contributed by atoms with Gasteiger partial charge in [-0.3, -0.25) is 9.59 Å². The van der Waals surface area contributed by atoms with Crippen LogP contribution in [-0.4, -0.2) is 80.6 Å². The van der Waals surface area contributed by atoms with Gasteiger partial charge in [-0.1, -0.05) is 18.3 Å². The number of esters is 1. The highest BCUT2D eigenvalue weighted by atomic mass is 32.2. The molecule has 0 aliphatic carbocycles. The minimum atomic E-state index is -3.98. The summed E-state index contributed by atoms with van der Waals surface area (Å²) < 4.78 is 37.8. The van der Waals surface area contributed by atoms with Gasteiger partial charge in [-0.2, -0.15) is 4.99 Å². The number of benzene rings is 1. The summed E-state index contributed by atoms with van der Waals surface area (Å²) in [5.41, 5.74) is 1.08. The molecule has 2 heterocycles. The first-order valence-electron chi connectivity index (χ1n) is 11.5. The molecule has 0 N–H and O–H groups in total. The Bertz CT molecular complexity index is 1260. The number of nitrogens with zero attached hydrogens (tertiary/aromatic N) is 3. The number of ether oxygens (including phenoxy) is 2. The second-order valence-electron chi connectivity index (χ2n) is 8.53. The Morgan fingerprint density at radius 2 is 2.00 bits per heavy atom. The average Bonchev–Trinajstić information content (AvgIpc) is 3.13. The van der Waals surface area contributed by atoms with Crippen LogP contribution in [0, 0.1) is 5.92 Å². The molecular formula is C23H31N3O7S2. The van der Waals surface area contributed by atoms with Crippen molar-refractivity contribution in [1.29, 1.82) is 0 Å². The first kappa shape index (κ1) is 27.0. The normalized spacial score (nSPS) is 17.1. The third-order valence-electron chi connectivity index (χ3n) is 5.68. The first-order valence-corrected chi connectivity index (χ1v) is 14.1. The van der Waals surface area contributed by atoms with Gasteiger partial charge in [0, 0.05) is 26.2 Å². The molecule has 1 aromatic heterocycles. The van der Waals surface area contributed by atoms with Gasteiger partial charge in [-0.25, -0.2) is 13.2 Å². The van der Waals surface area contributed by atoms with Crippen LogP contribution in [0.3, 0.4) is 0 Å². The van der Waals surface area contributed by atoms with E-state index in [-0.39, 0.29) is 4.80 Å². The van der Waals surface area contributed by atoms with Crippen LogP contribution in [0.2, 0.25) is 0 Å². The molecule has 1 saturated heterocycles. The minimum Gasteiger partial charge on any atom is -0.465 e. The van der Waals surface area contributed by atoms with Crippen LogP contribution in [0.15, 0.2) is 23.2 Å². The standard InChI is InChI=1S/C23H31N3O7S2/c1-4-33-11-10-26-18-8-7-17(22(29)32-3)12-19(18)34-23(26)24-20(27)14-35(30,31)15-21(28)25-9-5-6-16(2)13-25/h7-8,12,16H,4-6,9-11,13-15H2,1-3H3. The van der Waals surface area contributed by atoms with E-state index in [1.54, 1.807) is 27.7 Å². The molecule has 12 heteroatoms. The second-order valence-corrected chi connectivity index (χ2v) is 11.6. The van der Waals surface area contributed by atoms with Crippen LogP contribution < -0.4 is 4.80 Å². The number of amides is 2. The number of hydrogen-bond donors (Lipinski definition) is 0. The molecule has 0 radical (unpaired) electrons. The lowest BCUT2D eigenvalue weighted by atomic mass is 10.0. The predicted molar refractivity (Wildman–Crippen MR) is 132 cm³/mol. The maximum absolute atomic E-state index is 12.6. The Morgan fingerprint density at radius 1 is 1.23 bits per heavy atom. The van der Waals surface area contributed by atoms with E-state index >= 15 is 0 Å². The van der Waals surface area contributed by atoms with Crippen LogP contribution in [0.4, 0.5) is 0 Å². The van der Waals surface area contributed by atoms with Crippen molar-refractivity contribution in [2.45, 2.75) is 33.2 Å². The number of rotatable bonds is 9. The van der Waals surface area contributed by atoms with Gasteiger partial charge >= 0.3 is 5.97 Å². The molecule has 3 rings (SSSR count). The molecule has 1 atom stereocenters. The minimum absolute atomic E-state index is 0.290. The monoisotopic (exact) mass is 525 g/mol. The van der Waals surface area contributed by atoms with Crippen molar-refractivity contribution in [3.63, 3.8) is 0 Å². The highest BCUT2D eigenvalue weighted by Crippen LogP contribution is 2.20. The number of aromatic nitrogens is 1. The summed E-state index contributed by atoms with van der Waals surface area (Å²) in [6, 6.07) is 4.98. The fourth-order valence-corrected chi connectivity index (χ4v) is 6.21. The molecule has 1 aromatic carbocycles. The quantitative estimate of drug-likeness (QED) is 0.360. The van der Waals surface area contributed by atoms with E-state index in [9.17, 15) is 22.8 Å². The number of fused-ring (bicyclic) bond motifs is 1. The van der Waals surface area contributed by atoms with Crippen LogP contribution in [0.5, 0.6) is 0 Å². The van der Waals surface area contributed by atoms with Crippen molar-refractivity contribution in [2.24, 2.45) is 10.9 Å². The number of carbonyl (C=O) groups excluding carboxylic acids is 3. The van der Waals surface area contributed by atoms with E-state index in [0.29, 0.717) is 49.0 Å². The van der Waals surface area contributed by atoms with Gasteiger partial charge in [-0.15, -0.1) is 0 Å². The Labute approximate surface area is 208 Å². The van der Waals surface area contributed by atoms with Crippen molar-refractivity contribution >= 4 is 49.2 Å². The number of sulfone groups is 1. The van der Waals surface area contributed by atoms with E-state index in [2.05, 4.69) is 4.99 Å². The SMILES string of the molecule is CCOCCn1c(=NC(=O)CS(=O)(=O)CC(=O)N2CCCC(C)C2)sc2cc(C(=O)OC)ccc21. The van der Waals surface area contributed by atoms with Gasteiger partial charge in [0.25, 0.3) is 5.91 Å². The molecule has 0 spiro atoms. The van der Waals surface area contributed by atoms with Crippen LogP contribution in [0.1, 0.15) is 37.0 Å². The van der Waals surface area contributed by atoms with E-state index in [1.807, 2.05) is 13.8 Å². The Kier molecular flexibility index (Phi) is 9.20. The fraction of sp³-hybridized carbons (Fsp3) is 0.565. The largest absolute Gasteiger partial charge is 0.465 e. The summed E-state index contributed by atoms with van der Waals surface area (Å²) in [5.74, 6) is -3.06. The van der Waals surface area contributed by atoms with E-state index in [0.717, 1.165) is 29.7 Å². The lowest BCUT2D eigenvalue weighted by Crippen LogP contribution is -2.42. The van der Waals surface area contributed by atoms with Crippen molar-refractivity contribution in [3.05, 3.63) is 28.6 Å². The van der Waals surface area contributed by atoms with Crippen LogP contribution in [-0.2, 0) is 35.4 Å². The molecule has 1 unspecified atom stereocenters. The summed E-state index contributed by atoms with van der Waals surface area (Å²) in [6.07, 6.45) is 1.85. The van der Waals surface area contributed by atoms with Gasteiger partial charge in [0.15, 0.2) is 14.6 Å². The topological polar surface area (TPSA) is 124 Å². The highest BCUT2D eigenvalue weighted by Gasteiger charge is 2.27. The Morgan fingerprint density at radius 3 is 2.69 bits per heavy atom. The molecule has 2 aromatic rings. The fourth-order valence-electron chi connectivity index (χ4n) is 3.99. The number of hydrogen-bond acceptors (Lipinski definition) is 8. The number of piperidine rings is 1. The van der Waals surface area contributed by atoms with Gasteiger partial charge in [0.1, 0.15) is 11.5 Å². The van der Waals surface area contributed by atoms with Crippen LogP contribution >= 0.6 is 11.3 Å². The lowest BCUT2D eigenvalue weighted by Gasteiger charge is -2.30. The molecule has 1 aliphatic heterocycles. The first-order chi connectivity index (χ1) is 16.6. The second kappa shape index (κ2) is 11.9. The van der Waals surface area contributed by atoms with E-state index in [1.165, 1.54) is 7.11 Å². The van der Waals surface area contributed by atoms with E-state index in [4.69, 9.17) is 9.47 Å². The molecule has 1 aliphatic rings. The summed E-state index contributed by atoms with van der Waals surface area (Å²) in [4.78, 5) is 42.9.